The molecule has 1 aliphatic carbocycles. The first-order valence-corrected chi connectivity index (χ1v) is 22.8. The molecule has 0 saturated carbocycles. The molecule has 11 rings (SSSR count). The molecule has 0 fully saturated rings. The molecule has 318 valence electrons. The average molecular weight is 859 g/mol. The summed E-state index contributed by atoms with van der Waals surface area (Å²) in [5, 5.41) is 2.41. The van der Waals surface area contributed by atoms with Gasteiger partial charge in [0.15, 0.2) is 11.6 Å². The molecular formula is C63H46N4. The first-order chi connectivity index (χ1) is 33.1. The van der Waals surface area contributed by atoms with Crippen LogP contribution in [0.3, 0.4) is 0 Å². The minimum atomic E-state index is -0.0757. The standard InChI is InChI=1S/C63H46N4/c1-3-21-43(4-2)50-38-51(45-24-11-6-12-25-45)40-52(39-50)62-64-61(49-36-34-46(35-37-49)44-22-9-5-10-23-44)65-63(66-62)53-41-56(47-26-13-7-14-27-47)60(57(42-53)48-28-15-8-16-29-48)67-58-32-19-17-30-54(58)55-31-18-20-33-59(55)67/h3-36,38-42,49H,1-2,37H2/b43-21+. The Labute approximate surface area is 391 Å². The van der Waals surface area contributed by atoms with E-state index in [1.165, 1.54) is 21.9 Å². The summed E-state index contributed by atoms with van der Waals surface area (Å²) in [6.07, 6.45) is 13.2. The molecule has 4 nitrogen and oxygen atoms in total. The van der Waals surface area contributed by atoms with Gasteiger partial charge in [-0.2, -0.15) is 0 Å². The van der Waals surface area contributed by atoms with Crippen LogP contribution in [0.2, 0.25) is 0 Å². The van der Waals surface area contributed by atoms with Gasteiger partial charge in [0, 0.05) is 38.9 Å². The summed E-state index contributed by atoms with van der Waals surface area (Å²) in [6.45, 7) is 8.18. The number of rotatable bonds is 11. The van der Waals surface area contributed by atoms with Crippen molar-refractivity contribution in [1.82, 2.24) is 19.5 Å². The lowest BCUT2D eigenvalue weighted by molar-refractivity contribution is 0.766. The number of hydrogen-bond donors (Lipinski definition) is 0. The van der Waals surface area contributed by atoms with Gasteiger partial charge in [0.05, 0.1) is 16.7 Å². The van der Waals surface area contributed by atoms with Crippen molar-refractivity contribution < 1.29 is 0 Å². The Morgan fingerprint density at radius 3 is 1.51 bits per heavy atom. The van der Waals surface area contributed by atoms with E-state index in [4.69, 9.17) is 15.0 Å². The Morgan fingerprint density at radius 2 is 0.985 bits per heavy atom. The molecule has 0 spiro atoms. The topological polar surface area (TPSA) is 43.6 Å². The lowest BCUT2D eigenvalue weighted by Crippen LogP contribution is -2.09. The van der Waals surface area contributed by atoms with Crippen LogP contribution in [0.5, 0.6) is 0 Å². The van der Waals surface area contributed by atoms with Gasteiger partial charge in [-0.05, 0) is 93.4 Å². The molecular weight excluding hydrogens is 813 g/mol. The molecule has 0 saturated heterocycles. The van der Waals surface area contributed by atoms with Gasteiger partial charge >= 0.3 is 0 Å². The molecule has 0 amide bonds. The van der Waals surface area contributed by atoms with Crippen LogP contribution in [0.1, 0.15) is 29.3 Å². The molecule has 1 atom stereocenters. The zero-order valence-electron chi connectivity index (χ0n) is 37.0. The van der Waals surface area contributed by atoms with Gasteiger partial charge in [-0.25, -0.2) is 15.0 Å². The fourth-order valence-corrected chi connectivity index (χ4v) is 9.45. The van der Waals surface area contributed by atoms with E-state index in [2.05, 4.69) is 230 Å². The average Bonchev–Trinajstić information content (AvgIpc) is 3.74. The second kappa shape index (κ2) is 18.0. The second-order valence-corrected chi connectivity index (χ2v) is 16.8. The van der Waals surface area contributed by atoms with Gasteiger partial charge in [0.2, 0.25) is 0 Å². The first-order valence-electron chi connectivity index (χ1n) is 22.8. The summed E-state index contributed by atoms with van der Waals surface area (Å²) in [4.78, 5) is 16.3. The van der Waals surface area contributed by atoms with Gasteiger partial charge in [-0.15, -0.1) is 0 Å². The monoisotopic (exact) mass is 858 g/mol. The van der Waals surface area contributed by atoms with Gasteiger partial charge in [-0.3, -0.25) is 0 Å². The molecule has 67 heavy (non-hydrogen) atoms. The maximum atomic E-state index is 5.47. The van der Waals surface area contributed by atoms with E-state index in [-0.39, 0.29) is 5.92 Å². The van der Waals surface area contributed by atoms with E-state index < -0.39 is 0 Å². The predicted octanol–water partition coefficient (Wildman–Crippen LogP) is 16.2. The predicted molar refractivity (Wildman–Crippen MR) is 281 cm³/mol. The molecule has 1 aliphatic rings. The van der Waals surface area contributed by atoms with Gasteiger partial charge in [-0.1, -0.05) is 207 Å². The number of hydrogen-bond acceptors (Lipinski definition) is 3. The summed E-state index contributed by atoms with van der Waals surface area (Å²) in [5.74, 6) is 1.84. The van der Waals surface area contributed by atoms with Crippen LogP contribution in [-0.2, 0) is 0 Å². The van der Waals surface area contributed by atoms with Crippen molar-refractivity contribution in [2.24, 2.45) is 0 Å². The SMILES string of the molecule is C=C/C=C(\C=C)c1cc(-c2ccccc2)cc(-c2nc(-c3cc(-c4ccccc4)c(-n4c5ccccc5c5ccccc54)c(-c4ccccc4)c3)nc(C3C=CC(c4ccccc4)=CC3)n2)c1. The largest absolute Gasteiger partial charge is 0.308 e. The number of fused-ring (bicyclic) bond motifs is 3. The third-order valence-electron chi connectivity index (χ3n) is 12.7. The van der Waals surface area contributed by atoms with E-state index in [1.54, 1.807) is 6.08 Å². The maximum Gasteiger partial charge on any atom is 0.163 e. The second-order valence-electron chi connectivity index (χ2n) is 16.8. The summed E-state index contributed by atoms with van der Waals surface area (Å²) in [5.41, 5.74) is 15.9. The minimum Gasteiger partial charge on any atom is -0.308 e. The van der Waals surface area contributed by atoms with Crippen molar-refractivity contribution in [2.45, 2.75) is 12.3 Å². The van der Waals surface area contributed by atoms with Crippen molar-refractivity contribution >= 4 is 33.0 Å². The van der Waals surface area contributed by atoms with E-state index in [9.17, 15) is 0 Å². The number of nitrogens with zero attached hydrogens (tertiary/aromatic N) is 4. The molecule has 0 N–H and O–H groups in total. The maximum absolute atomic E-state index is 5.47. The highest BCUT2D eigenvalue weighted by atomic mass is 15.0. The quantitative estimate of drug-likeness (QED) is 0.122. The Kier molecular flexibility index (Phi) is 11.0. The van der Waals surface area contributed by atoms with Gasteiger partial charge in [0.25, 0.3) is 0 Å². The molecule has 0 radical (unpaired) electrons. The molecule has 10 aromatic rings. The van der Waals surface area contributed by atoms with Crippen LogP contribution >= 0.6 is 0 Å². The van der Waals surface area contributed by atoms with Gasteiger partial charge < -0.3 is 4.57 Å². The van der Waals surface area contributed by atoms with Crippen molar-refractivity contribution in [3.8, 4) is 61.8 Å². The number of allylic oxidation sites excluding steroid dienone is 8. The van der Waals surface area contributed by atoms with Crippen molar-refractivity contribution in [3.05, 3.63) is 267 Å². The third-order valence-corrected chi connectivity index (χ3v) is 12.7. The lowest BCUT2D eigenvalue weighted by Gasteiger charge is -2.21. The number of aromatic nitrogens is 4. The molecule has 0 bridgehead atoms. The Hall–Kier alpha value is -8.73. The van der Waals surface area contributed by atoms with Crippen molar-refractivity contribution in [2.75, 3.05) is 0 Å². The van der Waals surface area contributed by atoms with E-state index >= 15 is 0 Å². The molecule has 8 aromatic carbocycles. The van der Waals surface area contributed by atoms with Crippen LogP contribution in [0.15, 0.2) is 250 Å². The van der Waals surface area contributed by atoms with E-state index in [0.29, 0.717) is 17.5 Å². The first kappa shape index (κ1) is 41.0. The summed E-state index contributed by atoms with van der Waals surface area (Å²) in [7, 11) is 0. The highest BCUT2D eigenvalue weighted by molar-refractivity contribution is 6.11. The van der Waals surface area contributed by atoms with E-state index in [1.807, 2.05) is 18.2 Å². The van der Waals surface area contributed by atoms with Crippen molar-refractivity contribution in [3.63, 3.8) is 0 Å². The lowest BCUT2D eigenvalue weighted by atomic mass is 9.91. The molecule has 4 heteroatoms. The summed E-state index contributed by atoms with van der Waals surface area (Å²) >= 11 is 0. The Balaban J connectivity index is 1.18. The van der Waals surface area contributed by atoms with Crippen LogP contribution in [0.25, 0.3) is 94.8 Å². The van der Waals surface area contributed by atoms with Crippen LogP contribution in [0.4, 0.5) is 0 Å². The Morgan fingerprint density at radius 1 is 0.493 bits per heavy atom. The summed E-state index contributed by atoms with van der Waals surface area (Å²) in [6, 6.07) is 70.9. The smallest absolute Gasteiger partial charge is 0.163 e. The zero-order chi connectivity index (χ0) is 45.1. The van der Waals surface area contributed by atoms with Crippen molar-refractivity contribution in [1.29, 1.82) is 0 Å². The van der Waals surface area contributed by atoms with Crippen LogP contribution < -0.4 is 0 Å². The molecule has 2 aromatic heterocycles. The highest BCUT2D eigenvalue weighted by Crippen LogP contribution is 2.44. The highest BCUT2D eigenvalue weighted by Gasteiger charge is 2.24. The Bertz CT molecular complexity index is 3450. The van der Waals surface area contributed by atoms with E-state index in [0.717, 1.165) is 78.8 Å². The zero-order valence-corrected chi connectivity index (χ0v) is 37.0. The molecule has 2 heterocycles. The number of para-hydroxylation sites is 2. The normalized spacial score (nSPS) is 13.7. The van der Waals surface area contributed by atoms with Crippen LogP contribution in [0, 0.1) is 0 Å². The molecule has 0 aliphatic heterocycles. The molecule has 1 unspecified atom stereocenters. The van der Waals surface area contributed by atoms with Crippen LogP contribution in [-0.4, -0.2) is 19.5 Å². The fraction of sp³-hybridized carbons (Fsp3) is 0.0317. The summed E-state index contributed by atoms with van der Waals surface area (Å²) < 4.78 is 2.44. The minimum absolute atomic E-state index is 0.0757. The van der Waals surface area contributed by atoms with Gasteiger partial charge in [0.1, 0.15) is 5.82 Å². The third kappa shape index (κ3) is 7.96. The number of benzene rings is 8. The fourth-order valence-electron chi connectivity index (χ4n) is 9.45.